The molecule has 2 rings (SSSR count). The summed E-state index contributed by atoms with van der Waals surface area (Å²) in [5, 5.41) is 12.3. The smallest absolute Gasteiger partial charge is 0.266 e. The Hall–Kier alpha value is -2.79. The van der Waals surface area contributed by atoms with Crippen molar-refractivity contribution in [2.24, 2.45) is 0 Å². The van der Waals surface area contributed by atoms with E-state index < -0.39 is 5.91 Å². The van der Waals surface area contributed by atoms with Crippen LogP contribution in [0, 0.1) is 28.7 Å². The highest BCUT2D eigenvalue weighted by Crippen LogP contribution is 2.35. The zero-order valence-electron chi connectivity index (χ0n) is 16.7. The largest absolute Gasteiger partial charge is 0.490 e. The predicted molar refractivity (Wildman–Crippen MR) is 124 cm³/mol. The van der Waals surface area contributed by atoms with E-state index in [1.54, 1.807) is 18.2 Å². The number of nitrogens with zero attached hydrogens (tertiary/aromatic N) is 1. The predicted octanol–water partition coefficient (Wildman–Crippen LogP) is 5.42. The first-order valence-electron chi connectivity index (χ1n) is 9.10. The van der Waals surface area contributed by atoms with Crippen LogP contribution in [0.15, 0.2) is 48.6 Å². The number of benzene rings is 2. The number of nitriles is 1. The van der Waals surface area contributed by atoms with Gasteiger partial charge in [0.25, 0.3) is 5.91 Å². The highest BCUT2D eigenvalue weighted by molar-refractivity contribution is 14.1. The fourth-order valence-corrected chi connectivity index (χ4v) is 3.39. The van der Waals surface area contributed by atoms with Gasteiger partial charge in [0.05, 0.1) is 10.2 Å². The average molecular weight is 502 g/mol. The van der Waals surface area contributed by atoms with E-state index in [1.165, 1.54) is 0 Å². The molecule has 1 amide bonds. The van der Waals surface area contributed by atoms with Crippen LogP contribution in [-0.2, 0) is 4.79 Å². The Labute approximate surface area is 185 Å². The highest BCUT2D eigenvalue weighted by atomic mass is 127. The van der Waals surface area contributed by atoms with Gasteiger partial charge < -0.3 is 14.8 Å². The van der Waals surface area contributed by atoms with Gasteiger partial charge in [-0.1, -0.05) is 24.8 Å². The number of carbonyl (C=O) groups excluding carboxylic acids is 1. The molecule has 5 nitrogen and oxygen atoms in total. The maximum Gasteiger partial charge on any atom is 0.266 e. The van der Waals surface area contributed by atoms with Crippen LogP contribution in [0.1, 0.15) is 23.6 Å². The molecule has 29 heavy (non-hydrogen) atoms. The number of hydrogen-bond acceptors (Lipinski definition) is 4. The van der Waals surface area contributed by atoms with Crippen LogP contribution in [0.25, 0.3) is 6.08 Å². The fourth-order valence-electron chi connectivity index (χ4n) is 2.61. The highest BCUT2D eigenvalue weighted by Gasteiger charge is 2.15. The molecule has 2 aromatic rings. The minimum atomic E-state index is -0.457. The Balaban J connectivity index is 2.36. The van der Waals surface area contributed by atoms with E-state index in [4.69, 9.17) is 9.47 Å². The van der Waals surface area contributed by atoms with Crippen LogP contribution >= 0.6 is 22.6 Å². The molecule has 0 saturated heterocycles. The third kappa shape index (κ3) is 5.84. The molecule has 0 heterocycles. The number of amides is 1. The van der Waals surface area contributed by atoms with Gasteiger partial charge in [-0.25, -0.2) is 0 Å². The molecule has 0 atom stereocenters. The van der Waals surface area contributed by atoms with Gasteiger partial charge in [0.15, 0.2) is 11.5 Å². The first kappa shape index (κ1) is 22.5. The lowest BCUT2D eigenvalue weighted by molar-refractivity contribution is -0.112. The minimum Gasteiger partial charge on any atom is -0.490 e. The Morgan fingerprint density at radius 1 is 1.31 bits per heavy atom. The summed E-state index contributed by atoms with van der Waals surface area (Å²) in [7, 11) is 0. The van der Waals surface area contributed by atoms with Gasteiger partial charge in [-0.05, 0) is 84.3 Å². The molecule has 6 heteroatoms. The second kappa shape index (κ2) is 10.7. The number of anilines is 1. The van der Waals surface area contributed by atoms with E-state index in [1.807, 2.05) is 51.1 Å². The number of halogens is 1. The van der Waals surface area contributed by atoms with Gasteiger partial charge >= 0.3 is 0 Å². The molecule has 150 valence electrons. The Kier molecular flexibility index (Phi) is 8.28. The molecular formula is C23H23IN2O3. The van der Waals surface area contributed by atoms with E-state index in [0.29, 0.717) is 36.0 Å². The third-order valence-electron chi connectivity index (χ3n) is 4.21. The first-order valence-corrected chi connectivity index (χ1v) is 10.2. The number of aryl methyl sites for hydroxylation is 1. The molecular weight excluding hydrogens is 479 g/mol. The van der Waals surface area contributed by atoms with Crippen molar-refractivity contribution in [3.05, 3.63) is 68.8 Å². The van der Waals surface area contributed by atoms with Gasteiger partial charge in [0.2, 0.25) is 0 Å². The lowest BCUT2D eigenvalue weighted by Gasteiger charge is -2.14. The number of hydrogen-bond donors (Lipinski definition) is 1. The molecule has 0 aliphatic carbocycles. The summed E-state index contributed by atoms with van der Waals surface area (Å²) in [5.74, 6) is 0.712. The van der Waals surface area contributed by atoms with Crippen molar-refractivity contribution in [3.8, 4) is 17.6 Å². The van der Waals surface area contributed by atoms with Crippen molar-refractivity contribution in [2.45, 2.75) is 20.8 Å². The fraction of sp³-hybridized carbons (Fsp3) is 0.217. The van der Waals surface area contributed by atoms with Crippen molar-refractivity contribution in [1.29, 1.82) is 5.26 Å². The van der Waals surface area contributed by atoms with Crippen molar-refractivity contribution in [2.75, 3.05) is 18.5 Å². The van der Waals surface area contributed by atoms with E-state index >= 15 is 0 Å². The van der Waals surface area contributed by atoms with Crippen LogP contribution in [-0.4, -0.2) is 19.1 Å². The van der Waals surface area contributed by atoms with Crippen molar-refractivity contribution < 1.29 is 14.3 Å². The van der Waals surface area contributed by atoms with Crippen LogP contribution in [0.3, 0.4) is 0 Å². The molecule has 0 spiro atoms. The minimum absolute atomic E-state index is 0.00362. The van der Waals surface area contributed by atoms with Crippen molar-refractivity contribution in [3.63, 3.8) is 0 Å². The van der Waals surface area contributed by atoms with E-state index in [2.05, 4.69) is 34.5 Å². The number of carbonyl (C=O) groups is 1. The third-order valence-corrected chi connectivity index (χ3v) is 5.01. The number of rotatable bonds is 8. The number of nitrogens with one attached hydrogen (secondary N) is 1. The summed E-state index contributed by atoms with van der Waals surface area (Å²) in [6, 6.07) is 11.2. The lowest BCUT2D eigenvalue weighted by atomic mass is 10.1. The second-order valence-electron chi connectivity index (χ2n) is 6.23. The average Bonchev–Trinajstić information content (AvgIpc) is 2.69. The molecule has 0 bridgehead atoms. The summed E-state index contributed by atoms with van der Waals surface area (Å²) >= 11 is 2.14. The summed E-state index contributed by atoms with van der Waals surface area (Å²) in [5.41, 5.74) is 3.40. The Morgan fingerprint density at radius 3 is 2.72 bits per heavy atom. The molecule has 0 aliphatic heterocycles. The Morgan fingerprint density at radius 2 is 2.07 bits per heavy atom. The molecule has 0 unspecified atom stereocenters. The Bertz CT molecular complexity index is 990. The van der Waals surface area contributed by atoms with Gasteiger partial charge in [0, 0.05) is 5.69 Å². The topological polar surface area (TPSA) is 71.3 Å². The van der Waals surface area contributed by atoms with Crippen molar-refractivity contribution >= 4 is 40.3 Å². The SMILES string of the molecule is C=CCOc1c(I)cc(/C=C(/C#N)C(=O)Nc2cccc(C)c2C)cc1OCC. The standard InChI is InChI=1S/C23H23IN2O3/c1-5-10-29-22-19(24)12-17(13-21(22)28-6-2)11-18(14-25)23(27)26-20-9-7-8-15(3)16(20)4/h5,7-9,11-13H,1,6,10H2,2-4H3,(H,26,27)/b18-11-. The van der Waals surface area contributed by atoms with Crippen molar-refractivity contribution in [1.82, 2.24) is 0 Å². The molecule has 1 N–H and O–H groups in total. The van der Waals surface area contributed by atoms with E-state index in [-0.39, 0.29) is 5.57 Å². The van der Waals surface area contributed by atoms with Crippen LogP contribution < -0.4 is 14.8 Å². The van der Waals surface area contributed by atoms with Crippen LogP contribution in [0.2, 0.25) is 0 Å². The maximum atomic E-state index is 12.6. The summed E-state index contributed by atoms with van der Waals surface area (Å²) < 4.78 is 12.2. The zero-order chi connectivity index (χ0) is 21.4. The molecule has 0 fully saturated rings. The maximum absolute atomic E-state index is 12.6. The number of ether oxygens (including phenoxy) is 2. The quantitative estimate of drug-likeness (QED) is 0.227. The molecule has 0 aromatic heterocycles. The normalized spacial score (nSPS) is 10.8. The monoisotopic (exact) mass is 502 g/mol. The van der Waals surface area contributed by atoms with Gasteiger partial charge in [-0.3, -0.25) is 4.79 Å². The summed E-state index contributed by atoms with van der Waals surface area (Å²) in [4.78, 5) is 12.6. The summed E-state index contributed by atoms with van der Waals surface area (Å²) in [6.45, 7) is 10.3. The van der Waals surface area contributed by atoms with Gasteiger partial charge in [-0.15, -0.1) is 0 Å². The molecule has 0 aliphatic rings. The zero-order valence-corrected chi connectivity index (χ0v) is 18.9. The van der Waals surface area contributed by atoms with Crippen LogP contribution in [0.4, 0.5) is 5.69 Å². The molecule has 0 radical (unpaired) electrons. The van der Waals surface area contributed by atoms with E-state index in [0.717, 1.165) is 14.7 Å². The van der Waals surface area contributed by atoms with Gasteiger partial charge in [-0.2, -0.15) is 5.26 Å². The van der Waals surface area contributed by atoms with Gasteiger partial charge in [0.1, 0.15) is 18.2 Å². The van der Waals surface area contributed by atoms with Crippen LogP contribution in [0.5, 0.6) is 11.5 Å². The lowest BCUT2D eigenvalue weighted by Crippen LogP contribution is -2.14. The first-order chi connectivity index (χ1) is 13.9. The molecule has 2 aromatic carbocycles. The van der Waals surface area contributed by atoms with E-state index in [9.17, 15) is 10.1 Å². The molecule has 0 saturated carbocycles. The summed E-state index contributed by atoms with van der Waals surface area (Å²) in [6.07, 6.45) is 3.20. The second-order valence-corrected chi connectivity index (χ2v) is 7.40.